The van der Waals surface area contributed by atoms with Crippen LogP contribution in [0.15, 0.2) is 18.6 Å². The van der Waals surface area contributed by atoms with Crippen molar-refractivity contribution in [1.82, 2.24) is 14.9 Å². The summed E-state index contributed by atoms with van der Waals surface area (Å²) in [5, 5.41) is 0. The topological polar surface area (TPSA) is 55.3 Å². The van der Waals surface area contributed by atoms with Gasteiger partial charge in [-0.3, -0.25) is 9.78 Å². The molecule has 0 unspecified atom stereocenters. The van der Waals surface area contributed by atoms with Crippen molar-refractivity contribution < 1.29 is 9.53 Å². The van der Waals surface area contributed by atoms with E-state index in [0.717, 1.165) is 32.4 Å². The number of carbonyl (C=O) groups excluding carboxylic acids is 1. The van der Waals surface area contributed by atoms with Crippen molar-refractivity contribution in [3.05, 3.63) is 24.3 Å². The van der Waals surface area contributed by atoms with E-state index in [4.69, 9.17) is 4.74 Å². The van der Waals surface area contributed by atoms with Crippen LogP contribution in [0.4, 0.5) is 0 Å². The summed E-state index contributed by atoms with van der Waals surface area (Å²) in [4.78, 5) is 22.3. The molecule has 0 radical (unpaired) electrons. The molecule has 3 rings (SSSR count). The van der Waals surface area contributed by atoms with Crippen LogP contribution in [0.2, 0.25) is 0 Å². The Kier molecular flexibility index (Phi) is 3.22. The number of likely N-dealkylation sites (tertiary alicyclic amines) is 1. The average molecular weight is 261 g/mol. The molecule has 1 aromatic heterocycles. The predicted molar refractivity (Wildman–Crippen MR) is 69.6 cm³/mol. The number of hydrogen-bond donors (Lipinski definition) is 0. The lowest BCUT2D eigenvalue weighted by molar-refractivity contribution is -0.0450. The molecule has 0 saturated carbocycles. The first-order chi connectivity index (χ1) is 9.19. The first-order valence-electron chi connectivity index (χ1n) is 6.88. The van der Waals surface area contributed by atoms with Crippen LogP contribution in [0.25, 0.3) is 0 Å². The highest BCUT2D eigenvalue weighted by Crippen LogP contribution is 2.37. The van der Waals surface area contributed by atoms with E-state index in [1.54, 1.807) is 12.4 Å². The minimum atomic E-state index is -0.116. The van der Waals surface area contributed by atoms with Crippen molar-refractivity contribution in [3.63, 3.8) is 0 Å². The third kappa shape index (κ3) is 2.47. The number of rotatable bonds is 1. The van der Waals surface area contributed by atoms with Crippen molar-refractivity contribution in [1.29, 1.82) is 0 Å². The van der Waals surface area contributed by atoms with Crippen molar-refractivity contribution in [2.45, 2.75) is 31.8 Å². The highest BCUT2D eigenvalue weighted by Gasteiger charge is 2.43. The SMILES string of the molecule is C[C@@H]1CO[C@]2(CCCN(C(=O)c3cnccn3)C2)C1. The number of ether oxygens (including phenoxy) is 1. The highest BCUT2D eigenvalue weighted by atomic mass is 16.5. The van der Waals surface area contributed by atoms with Gasteiger partial charge >= 0.3 is 0 Å². The van der Waals surface area contributed by atoms with Gasteiger partial charge in [-0.15, -0.1) is 0 Å². The number of piperidine rings is 1. The molecule has 5 heteroatoms. The van der Waals surface area contributed by atoms with Gasteiger partial charge in [-0.2, -0.15) is 0 Å². The van der Waals surface area contributed by atoms with E-state index in [1.807, 2.05) is 4.90 Å². The maximum absolute atomic E-state index is 12.4. The van der Waals surface area contributed by atoms with E-state index in [0.29, 0.717) is 18.2 Å². The summed E-state index contributed by atoms with van der Waals surface area (Å²) in [6.45, 7) is 4.49. The minimum absolute atomic E-state index is 0.0321. The molecule has 3 heterocycles. The number of hydrogen-bond acceptors (Lipinski definition) is 4. The quantitative estimate of drug-likeness (QED) is 0.769. The van der Waals surface area contributed by atoms with Crippen LogP contribution < -0.4 is 0 Å². The standard InChI is InChI=1S/C14H19N3O2/c1-11-7-14(19-9-11)3-2-6-17(10-14)13(18)12-8-15-4-5-16-12/h4-5,8,11H,2-3,6-7,9-10H2,1H3/t11-,14+/m0/s1. The first kappa shape index (κ1) is 12.5. The summed E-state index contributed by atoms with van der Waals surface area (Å²) in [6.07, 6.45) is 7.77. The molecule has 2 atom stereocenters. The van der Waals surface area contributed by atoms with Crippen molar-refractivity contribution >= 4 is 5.91 Å². The molecular formula is C14H19N3O2. The Hall–Kier alpha value is -1.49. The molecule has 102 valence electrons. The molecule has 2 fully saturated rings. The van der Waals surface area contributed by atoms with E-state index >= 15 is 0 Å². The summed E-state index contributed by atoms with van der Waals surface area (Å²) >= 11 is 0. The zero-order chi connectivity index (χ0) is 13.3. The lowest BCUT2D eigenvalue weighted by atomic mass is 9.87. The molecular weight excluding hydrogens is 242 g/mol. The van der Waals surface area contributed by atoms with Gasteiger partial charge in [-0.1, -0.05) is 6.92 Å². The normalized spacial score (nSPS) is 30.8. The van der Waals surface area contributed by atoms with Crippen LogP contribution in [-0.2, 0) is 4.74 Å². The molecule has 0 aliphatic carbocycles. The Bertz CT molecular complexity index is 461. The molecule has 0 aromatic carbocycles. The average Bonchev–Trinajstić information content (AvgIpc) is 2.79. The van der Waals surface area contributed by atoms with Crippen molar-refractivity contribution in [2.75, 3.05) is 19.7 Å². The Labute approximate surface area is 113 Å². The summed E-state index contributed by atoms with van der Waals surface area (Å²) in [5.74, 6) is 0.557. The molecule has 1 aromatic rings. The Morgan fingerprint density at radius 1 is 1.53 bits per heavy atom. The molecule has 2 aliphatic rings. The maximum atomic E-state index is 12.4. The molecule has 1 spiro atoms. The Balaban J connectivity index is 1.74. The predicted octanol–water partition coefficient (Wildman–Crippen LogP) is 1.51. The molecule has 5 nitrogen and oxygen atoms in total. The van der Waals surface area contributed by atoms with Gasteiger partial charge < -0.3 is 9.64 Å². The largest absolute Gasteiger partial charge is 0.373 e. The van der Waals surface area contributed by atoms with Gasteiger partial charge in [0.05, 0.1) is 24.9 Å². The smallest absolute Gasteiger partial charge is 0.274 e. The molecule has 2 aliphatic heterocycles. The second-order valence-electron chi connectivity index (χ2n) is 5.72. The second kappa shape index (κ2) is 4.89. The fourth-order valence-electron chi connectivity index (χ4n) is 3.20. The first-order valence-corrected chi connectivity index (χ1v) is 6.88. The fraction of sp³-hybridized carbons (Fsp3) is 0.643. The van der Waals surface area contributed by atoms with Crippen LogP contribution in [0.1, 0.15) is 36.7 Å². The van der Waals surface area contributed by atoms with Gasteiger partial charge in [0.25, 0.3) is 5.91 Å². The van der Waals surface area contributed by atoms with Crippen molar-refractivity contribution in [3.8, 4) is 0 Å². The monoisotopic (exact) mass is 261 g/mol. The van der Waals surface area contributed by atoms with E-state index < -0.39 is 0 Å². The van der Waals surface area contributed by atoms with Gasteiger partial charge in [-0.25, -0.2) is 4.98 Å². The zero-order valence-electron chi connectivity index (χ0n) is 11.2. The van der Waals surface area contributed by atoms with Gasteiger partial charge in [-0.05, 0) is 25.2 Å². The number of aromatic nitrogens is 2. The number of carbonyl (C=O) groups is 1. The van der Waals surface area contributed by atoms with Crippen LogP contribution in [-0.4, -0.2) is 46.1 Å². The highest BCUT2D eigenvalue weighted by molar-refractivity contribution is 5.92. The molecule has 0 bridgehead atoms. The second-order valence-corrected chi connectivity index (χ2v) is 5.72. The van der Waals surface area contributed by atoms with Gasteiger partial charge in [0.15, 0.2) is 0 Å². The van der Waals surface area contributed by atoms with Crippen LogP contribution in [0.5, 0.6) is 0 Å². The third-order valence-corrected chi connectivity index (χ3v) is 4.00. The molecule has 2 saturated heterocycles. The maximum Gasteiger partial charge on any atom is 0.274 e. The summed E-state index contributed by atoms with van der Waals surface area (Å²) in [5.41, 5.74) is 0.306. The van der Waals surface area contributed by atoms with E-state index in [9.17, 15) is 4.79 Å². The van der Waals surface area contributed by atoms with Crippen LogP contribution in [0.3, 0.4) is 0 Å². The Morgan fingerprint density at radius 2 is 2.42 bits per heavy atom. The van der Waals surface area contributed by atoms with Crippen molar-refractivity contribution in [2.24, 2.45) is 5.92 Å². The van der Waals surface area contributed by atoms with Crippen LogP contribution in [0, 0.1) is 5.92 Å². The van der Waals surface area contributed by atoms with Gasteiger partial charge in [0, 0.05) is 18.9 Å². The summed E-state index contributed by atoms with van der Waals surface area (Å²) in [6, 6.07) is 0. The van der Waals surface area contributed by atoms with E-state index in [-0.39, 0.29) is 11.5 Å². The number of amides is 1. The van der Waals surface area contributed by atoms with Gasteiger partial charge in [0.2, 0.25) is 0 Å². The third-order valence-electron chi connectivity index (χ3n) is 4.00. The number of nitrogens with zero attached hydrogens (tertiary/aromatic N) is 3. The lowest BCUT2D eigenvalue weighted by Gasteiger charge is -2.39. The molecule has 0 N–H and O–H groups in total. The fourth-order valence-corrected chi connectivity index (χ4v) is 3.20. The van der Waals surface area contributed by atoms with Gasteiger partial charge in [0.1, 0.15) is 5.69 Å². The zero-order valence-corrected chi connectivity index (χ0v) is 11.2. The summed E-state index contributed by atoms with van der Waals surface area (Å²) < 4.78 is 5.98. The molecule has 1 amide bonds. The van der Waals surface area contributed by atoms with Crippen LogP contribution >= 0.6 is 0 Å². The van der Waals surface area contributed by atoms with E-state index in [2.05, 4.69) is 16.9 Å². The van der Waals surface area contributed by atoms with E-state index in [1.165, 1.54) is 6.20 Å². The Morgan fingerprint density at radius 3 is 3.11 bits per heavy atom. The minimum Gasteiger partial charge on any atom is -0.373 e. The molecule has 19 heavy (non-hydrogen) atoms. The lowest BCUT2D eigenvalue weighted by Crippen LogP contribution is -2.50. The summed E-state index contributed by atoms with van der Waals surface area (Å²) in [7, 11) is 0.